The fraction of sp³-hybridized carbons (Fsp3) is 0.286. The lowest BCUT2D eigenvalue weighted by Crippen LogP contribution is -2.19. The highest BCUT2D eigenvalue weighted by atomic mass is 79.9. The van der Waals surface area contributed by atoms with E-state index in [1.807, 2.05) is 31.2 Å². The summed E-state index contributed by atoms with van der Waals surface area (Å²) in [6, 6.07) is 10.9. The maximum atomic E-state index is 12.0. The molecule has 0 radical (unpaired) electrons. The average molecular weight is 542 g/mol. The number of carbonyl (C=O) groups is 2. The molecule has 2 rings (SSSR count). The van der Waals surface area contributed by atoms with Crippen LogP contribution in [0, 0.1) is 0 Å². The van der Waals surface area contributed by atoms with Crippen molar-refractivity contribution < 1.29 is 23.8 Å². The van der Waals surface area contributed by atoms with Crippen molar-refractivity contribution in [3.63, 3.8) is 0 Å². The highest BCUT2D eigenvalue weighted by molar-refractivity contribution is 9.10. The molecule has 0 heterocycles. The number of halogens is 2. The Morgan fingerprint density at radius 2 is 1.80 bits per heavy atom. The first-order valence-corrected chi connectivity index (χ1v) is 10.8. The Balaban J connectivity index is 2.03. The van der Waals surface area contributed by atoms with Crippen LogP contribution in [0.1, 0.15) is 25.0 Å². The fourth-order valence-corrected chi connectivity index (χ4v) is 3.24. The summed E-state index contributed by atoms with van der Waals surface area (Å²) in [6.45, 7) is 4.03. The molecule has 0 saturated heterocycles. The van der Waals surface area contributed by atoms with Crippen molar-refractivity contribution in [1.82, 2.24) is 5.43 Å². The van der Waals surface area contributed by atoms with Gasteiger partial charge in [-0.05, 0) is 65.2 Å². The van der Waals surface area contributed by atoms with Crippen LogP contribution in [0.3, 0.4) is 0 Å². The molecule has 0 spiro atoms. The Hall–Kier alpha value is -2.39. The molecule has 0 fully saturated rings. The normalized spacial score (nSPS) is 10.7. The van der Waals surface area contributed by atoms with Gasteiger partial charge in [0.15, 0.2) is 18.1 Å². The van der Waals surface area contributed by atoms with Crippen LogP contribution in [0.2, 0.25) is 0 Å². The Kier molecular flexibility index (Phi) is 9.82. The van der Waals surface area contributed by atoms with Gasteiger partial charge >= 0.3 is 5.97 Å². The molecular formula is C21H22Br2N2O5. The number of hydrogen-bond donors (Lipinski definition) is 1. The first-order chi connectivity index (χ1) is 14.4. The van der Waals surface area contributed by atoms with Gasteiger partial charge in [0.05, 0.1) is 30.3 Å². The molecule has 0 bridgehead atoms. The zero-order valence-electron chi connectivity index (χ0n) is 16.6. The molecule has 1 amide bonds. The molecule has 0 aliphatic heterocycles. The number of amides is 1. The Morgan fingerprint density at radius 1 is 1.07 bits per heavy atom. The molecule has 160 valence electrons. The number of esters is 1. The second-order valence-electron chi connectivity index (χ2n) is 5.95. The van der Waals surface area contributed by atoms with Crippen LogP contribution < -0.4 is 14.9 Å². The van der Waals surface area contributed by atoms with Gasteiger partial charge in [-0.2, -0.15) is 5.10 Å². The van der Waals surface area contributed by atoms with Crippen LogP contribution in [0.4, 0.5) is 0 Å². The predicted molar refractivity (Wildman–Crippen MR) is 121 cm³/mol. The molecule has 1 N–H and O–H groups in total. The van der Waals surface area contributed by atoms with Crippen molar-refractivity contribution in [2.75, 3.05) is 19.8 Å². The first kappa shape index (κ1) is 23.9. The van der Waals surface area contributed by atoms with E-state index in [0.717, 1.165) is 10.0 Å². The number of carbonyl (C=O) groups excluding carboxylic acids is 2. The number of hydrogen-bond acceptors (Lipinski definition) is 6. The quantitative estimate of drug-likeness (QED) is 0.276. The number of rotatable bonds is 10. The second-order valence-corrected chi connectivity index (χ2v) is 7.72. The summed E-state index contributed by atoms with van der Waals surface area (Å²) in [5.74, 6) is 0.137. The molecular weight excluding hydrogens is 520 g/mol. The number of hydrazone groups is 1. The number of benzene rings is 2. The van der Waals surface area contributed by atoms with E-state index in [2.05, 4.69) is 42.4 Å². The highest BCUT2D eigenvalue weighted by Gasteiger charge is 2.14. The third-order valence-electron chi connectivity index (χ3n) is 3.65. The highest BCUT2D eigenvalue weighted by Crippen LogP contribution is 2.36. The first-order valence-electron chi connectivity index (χ1n) is 9.24. The maximum Gasteiger partial charge on any atom is 0.344 e. The standard InChI is InChI=1S/C21H22Br2N2O5/c1-3-28-18-10-15(9-17(23)21(18)30-13-20(27)29-4-2)12-24-25-19(26)11-14-5-7-16(22)8-6-14/h5-10,12H,3-4,11,13H2,1-2H3,(H,25,26)/b24-12+. The number of nitrogens with zero attached hydrogens (tertiary/aromatic N) is 1. The van der Waals surface area contributed by atoms with Gasteiger partial charge in [-0.3, -0.25) is 4.79 Å². The van der Waals surface area contributed by atoms with Crippen LogP contribution in [0.25, 0.3) is 0 Å². The minimum absolute atomic E-state index is 0.221. The van der Waals surface area contributed by atoms with E-state index in [1.165, 1.54) is 6.21 Å². The van der Waals surface area contributed by atoms with E-state index in [9.17, 15) is 9.59 Å². The molecule has 0 unspecified atom stereocenters. The molecule has 0 atom stereocenters. The van der Waals surface area contributed by atoms with Crippen molar-refractivity contribution in [3.05, 3.63) is 56.5 Å². The van der Waals surface area contributed by atoms with Crippen LogP contribution in [-0.4, -0.2) is 37.9 Å². The van der Waals surface area contributed by atoms with Crippen LogP contribution in [0.5, 0.6) is 11.5 Å². The molecule has 0 aliphatic rings. The van der Waals surface area contributed by atoms with E-state index < -0.39 is 5.97 Å². The molecule has 30 heavy (non-hydrogen) atoms. The molecule has 7 nitrogen and oxygen atoms in total. The van der Waals surface area contributed by atoms with Crippen molar-refractivity contribution in [1.29, 1.82) is 0 Å². The van der Waals surface area contributed by atoms with Crippen molar-refractivity contribution in [2.45, 2.75) is 20.3 Å². The monoisotopic (exact) mass is 540 g/mol. The van der Waals surface area contributed by atoms with Gasteiger partial charge in [-0.1, -0.05) is 28.1 Å². The van der Waals surface area contributed by atoms with E-state index in [4.69, 9.17) is 14.2 Å². The zero-order chi connectivity index (χ0) is 21.9. The van der Waals surface area contributed by atoms with Crippen molar-refractivity contribution >= 4 is 50.0 Å². The summed E-state index contributed by atoms with van der Waals surface area (Å²) in [5, 5.41) is 4.00. The SMILES string of the molecule is CCOC(=O)COc1c(Br)cc(/C=N/NC(=O)Cc2ccc(Br)cc2)cc1OCC. The van der Waals surface area contributed by atoms with Gasteiger partial charge in [0.2, 0.25) is 5.91 Å². The minimum Gasteiger partial charge on any atom is -0.490 e. The minimum atomic E-state index is -0.467. The zero-order valence-corrected chi connectivity index (χ0v) is 19.8. The largest absolute Gasteiger partial charge is 0.490 e. The fourth-order valence-electron chi connectivity index (χ4n) is 2.41. The molecule has 2 aromatic carbocycles. The summed E-state index contributed by atoms with van der Waals surface area (Å²) in [7, 11) is 0. The summed E-state index contributed by atoms with van der Waals surface area (Å²) in [5.41, 5.74) is 4.07. The summed E-state index contributed by atoms with van der Waals surface area (Å²) in [4.78, 5) is 23.6. The molecule has 0 aliphatic carbocycles. The number of ether oxygens (including phenoxy) is 3. The van der Waals surface area contributed by atoms with E-state index in [0.29, 0.717) is 28.1 Å². The van der Waals surface area contributed by atoms with Crippen LogP contribution in [-0.2, 0) is 20.7 Å². The van der Waals surface area contributed by atoms with E-state index in [-0.39, 0.29) is 25.5 Å². The lowest BCUT2D eigenvalue weighted by Gasteiger charge is -2.14. The molecule has 0 aromatic heterocycles. The Labute approximate surface area is 192 Å². The Morgan fingerprint density at radius 3 is 2.47 bits per heavy atom. The molecule has 2 aromatic rings. The van der Waals surface area contributed by atoms with E-state index in [1.54, 1.807) is 19.1 Å². The van der Waals surface area contributed by atoms with Crippen molar-refractivity contribution in [2.24, 2.45) is 5.10 Å². The van der Waals surface area contributed by atoms with Gasteiger partial charge in [-0.25, -0.2) is 10.2 Å². The van der Waals surface area contributed by atoms with E-state index >= 15 is 0 Å². The van der Waals surface area contributed by atoms with Gasteiger partial charge in [0.25, 0.3) is 0 Å². The third kappa shape index (κ3) is 7.79. The lowest BCUT2D eigenvalue weighted by molar-refractivity contribution is -0.145. The van der Waals surface area contributed by atoms with Gasteiger partial charge < -0.3 is 14.2 Å². The smallest absolute Gasteiger partial charge is 0.344 e. The summed E-state index contributed by atoms with van der Waals surface area (Å²) >= 11 is 6.78. The number of nitrogens with one attached hydrogen (secondary N) is 1. The second kappa shape index (κ2) is 12.3. The Bertz CT molecular complexity index is 901. The average Bonchev–Trinajstić information content (AvgIpc) is 2.69. The predicted octanol–water partition coefficient (Wildman–Crippen LogP) is 4.25. The lowest BCUT2D eigenvalue weighted by atomic mass is 10.1. The topological polar surface area (TPSA) is 86.2 Å². The summed E-state index contributed by atoms with van der Waals surface area (Å²) in [6.07, 6.45) is 1.72. The van der Waals surface area contributed by atoms with Crippen LogP contribution >= 0.6 is 31.9 Å². The third-order valence-corrected chi connectivity index (χ3v) is 4.77. The molecule has 9 heteroatoms. The van der Waals surface area contributed by atoms with Crippen LogP contribution in [0.15, 0.2) is 50.4 Å². The van der Waals surface area contributed by atoms with Gasteiger partial charge in [0.1, 0.15) is 0 Å². The molecule has 0 saturated carbocycles. The summed E-state index contributed by atoms with van der Waals surface area (Å²) < 4.78 is 17.6. The van der Waals surface area contributed by atoms with Gasteiger partial charge in [-0.15, -0.1) is 0 Å². The maximum absolute atomic E-state index is 12.0. The van der Waals surface area contributed by atoms with Crippen molar-refractivity contribution in [3.8, 4) is 11.5 Å². The van der Waals surface area contributed by atoms with Gasteiger partial charge in [0, 0.05) is 4.47 Å².